The second kappa shape index (κ2) is 7.46. The van der Waals surface area contributed by atoms with Gasteiger partial charge >= 0.3 is 0 Å². The van der Waals surface area contributed by atoms with Crippen LogP contribution in [0, 0.1) is 0 Å². The van der Waals surface area contributed by atoms with Crippen molar-refractivity contribution in [3.63, 3.8) is 0 Å². The fraction of sp³-hybridized carbons (Fsp3) is 1.00. The predicted molar refractivity (Wildman–Crippen MR) is 78.0 cm³/mol. The Balaban J connectivity index is 1.67. The van der Waals surface area contributed by atoms with Gasteiger partial charge < -0.3 is 10.2 Å². The lowest BCUT2D eigenvalue weighted by Gasteiger charge is -2.42. The minimum absolute atomic E-state index is 0.804. The highest BCUT2D eigenvalue weighted by Gasteiger charge is 2.27. The van der Waals surface area contributed by atoms with Gasteiger partial charge in [-0.25, -0.2) is 0 Å². The molecular weight excluding hydrogens is 222 g/mol. The summed E-state index contributed by atoms with van der Waals surface area (Å²) in [6.45, 7) is 12.1. The van der Waals surface area contributed by atoms with Gasteiger partial charge in [-0.05, 0) is 45.2 Å². The highest BCUT2D eigenvalue weighted by Crippen LogP contribution is 2.24. The van der Waals surface area contributed by atoms with Crippen molar-refractivity contribution in [3.8, 4) is 0 Å². The number of hydrogen-bond donors (Lipinski definition) is 1. The molecule has 1 aliphatic heterocycles. The van der Waals surface area contributed by atoms with Crippen LogP contribution in [0.2, 0.25) is 0 Å². The third-order valence-corrected chi connectivity index (χ3v) is 4.75. The normalized spacial score (nSPS) is 31.7. The Hall–Kier alpha value is -0.120. The van der Waals surface area contributed by atoms with E-state index in [1.807, 2.05) is 0 Å². The summed E-state index contributed by atoms with van der Waals surface area (Å²) in [5.74, 6) is 0. The molecule has 2 rings (SSSR count). The molecule has 0 aromatic rings. The summed E-state index contributed by atoms with van der Waals surface area (Å²) >= 11 is 0. The summed E-state index contributed by atoms with van der Waals surface area (Å²) in [4.78, 5) is 5.33. The largest absolute Gasteiger partial charge is 0.314 e. The molecule has 0 aromatic carbocycles. The highest BCUT2D eigenvalue weighted by atomic mass is 15.3. The standard InChI is InChI=1S/C15H31N3/c1-3-9-16-14-5-7-15(8-6-14)18-12-10-17(4-2)11-13-18/h14-16H,3-13H2,1-2H3. The van der Waals surface area contributed by atoms with E-state index in [1.54, 1.807) is 0 Å². The fourth-order valence-corrected chi connectivity index (χ4v) is 3.44. The number of likely N-dealkylation sites (N-methyl/N-ethyl adjacent to an activating group) is 1. The van der Waals surface area contributed by atoms with E-state index in [-0.39, 0.29) is 0 Å². The van der Waals surface area contributed by atoms with Crippen LogP contribution in [0.5, 0.6) is 0 Å². The molecule has 1 saturated carbocycles. The second-order valence-electron chi connectivity index (χ2n) is 5.93. The molecule has 0 atom stereocenters. The van der Waals surface area contributed by atoms with E-state index in [2.05, 4.69) is 29.0 Å². The average molecular weight is 253 g/mol. The first kappa shape index (κ1) is 14.3. The zero-order valence-corrected chi connectivity index (χ0v) is 12.3. The Kier molecular flexibility index (Phi) is 5.93. The SMILES string of the molecule is CCCNC1CCC(N2CCN(CC)CC2)CC1. The number of nitrogens with zero attached hydrogens (tertiary/aromatic N) is 2. The molecule has 0 radical (unpaired) electrons. The quantitative estimate of drug-likeness (QED) is 0.808. The van der Waals surface area contributed by atoms with E-state index in [9.17, 15) is 0 Å². The summed E-state index contributed by atoms with van der Waals surface area (Å²) in [5.41, 5.74) is 0. The molecular formula is C15H31N3. The summed E-state index contributed by atoms with van der Waals surface area (Å²) in [5, 5.41) is 3.68. The third-order valence-electron chi connectivity index (χ3n) is 4.75. The van der Waals surface area contributed by atoms with Crippen molar-refractivity contribution in [2.45, 2.75) is 58.0 Å². The van der Waals surface area contributed by atoms with E-state index in [0.717, 1.165) is 12.1 Å². The van der Waals surface area contributed by atoms with Crippen LogP contribution in [0.15, 0.2) is 0 Å². The highest BCUT2D eigenvalue weighted by molar-refractivity contribution is 4.85. The van der Waals surface area contributed by atoms with Gasteiger partial charge in [-0.3, -0.25) is 4.90 Å². The molecule has 0 amide bonds. The van der Waals surface area contributed by atoms with Crippen molar-refractivity contribution in [1.82, 2.24) is 15.1 Å². The summed E-state index contributed by atoms with van der Waals surface area (Å²) < 4.78 is 0. The summed E-state index contributed by atoms with van der Waals surface area (Å²) in [7, 11) is 0. The van der Waals surface area contributed by atoms with Gasteiger partial charge in [0.1, 0.15) is 0 Å². The predicted octanol–water partition coefficient (Wildman–Crippen LogP) is 1.93. The molecule has 1 saturated heterocycles. The van der Waals surface area contributed by atoms with E-state index < -0.39 is 0 Å². The Morgan fingerprint density at radius 3 is 2.17 bits per heavy atom. The fourth-order valence-electron chi connectivity index (χ4n) is 3.44. The van der Waals surface area contributed by atoms with Gasteiger partial charge in [0.25, 0.3) is 0 Å². The topological polar surface area (TPSA) is 18.5 Å². The number of nitrogens with one attached hydrogen (secondary N) is 1. The zero-order chi connectivity index (χ0) is 12.8. The van der Waals surface area contributed by atoms with Crippen LogP contribution in [0.25, 0.3) is 0 Å². The summed E-state index contributed by atoms with van der Waals surface area (Å²) in [6, 6.07) is 1.68. The van der Waals surface area contributed by atoms with Gasteiger partial charge in [0.15, 0.2) is 0 Å². The lowest BCUT2D eigenvalue weighted by molar-refractivity contribution is 0.0766. The van der Waals surface area contributed by atoms with Gasteiger partial charge in [-0.2, -0.15) is 0 Å². The molecule has 18 heavy (non-hydrogen) atoms. The van der Waals surface area contributed by atoms with Crippen molar-refractivity contribution >= 4 is 0 Å². The zero-order valence-electron chi connectivity index (χ0n) is 12.3. The van der Waals surface area contributed by atoms with Crippen molar-refractivity contribution in [1.29, 1.82) is 0 Å². The first-order valence-electron chi connectivity index (χ1n) is 8.03. The Morgan fingerprint density at radius 2 is 1.61 bits per heavy atom. The number of hydrogen-bond acceptors (Lipinski definition) is 3. The van der Waals surface area contributed by atoms with Gasteiger partial charge in [0.2, 0.25) is 0 Å². The molecule has 1 N–H and O–H groups in total. The second-order valence-corrected chi connectivity index (χ2v) is 5.93. The lowest BCUT2D eigenvalue weighted by Crippen LogP contribution is -2.51. The van der Waals surface area contributed by atoms with Gasteiger partial charge in [0.05, 0.1) is 0 Å². The van der Waals surface area contributed by atoms with Crippen molar-refractivity contribution in [2.75, 3.05) is 39.3 Å². The molecule has 0 aromatic heterocycles. The van der Waals surface area contributed by atoms with Gasteiger partial charge in [-0.15, -0.1) is 0 Å². The van der Waals surface area contributed by atoms with Crippen molar-refractivity contribution in [3.05, 3.63) is 0 Å². The smallest absolute Gasteiger partial charge is 0.0113 e. The van der Waals surface area contributed by atoms with Crippen LogP contribution >= 0.6 is 0 Å². The summed E-state index contributed by atoms with van der Waals surface area (Å²) in [6.07, 6.45) is 6.86. The van der Waals surface area contributed by atoms with Crippen molar-refractivity contribution < 1.29 is 0 Å². The van der Waals surface area contributed by atoms with Crippen LogP contribution in [0.1, 0.15) is 46.0 Å². The first-order valence-corrected chi connectivity index (χ1v) is 8.03. The van der Waals surface area contributed by atoms with Crippen LogP contribution in [-0.4, -0.2) is 61.2 Å². The first-order chi connectivity index (χ1) is 8.83. The molecule has 0 bridgehead atoms. The minimum Gasteiger partial charge on any atom is -0.314 e. The maximum Gasteiger partial charge on any atom is 0.0113 e. The molecule has 0 spiro atoms. The van der Waals surface area contributed by atoms with E-state index in [1.165, 1.54) is 71.4 Å². The van der Waals surface area contributed by atoms with Gasteiger partial charge in [0, 0.05) is 38.3 Å². The molecule has 0 unspecified atom stereocenters. The number of piperazine rings is 1. The van der Waals surface area contributed by atoms with Crippen LogP contribution in [-0.2, 0) is 0 Å². The Labute approximate surface area is 113 Å². The molecule has 2 fully saturated rings. The monoisotopic (exact) mass is 253 g/mol. The Bertz CT molecular complexity index is 216. The molecule has 3 heteroatoms. The molecule has 1 aliphatic carbocycles. The van der Waals surface area contributed by atoms with Crippen LogP contribution in [0.4, 0.5) is 0 Å². The molecule has 1 heterocycles. The van der Waals surface area contributed by atoms with E-state index in [4.69, 9.17) is 0 Å². The average Bonchev–Trinajstić information content (AvgIpc) is 2.46. The van der Waals surface area contributed by atoms with E-state index >= 15 is 0 Å². The number of rotatable bonds is 5. The molecule has 106 valence electrons. The van der Waals surface area contributed by atoms with E-state index in [0.29, 0.717) is 0 Å². The van der Waals surface area contributed by atoms with Gasteiger partial charge in [-0.1, -0.05) is 13.8 Å². The molecule has 2 aliphatic rings. The Morgan fingerprint density at radius 1 is 0.944 bits per heavy atom. The lowest BCUT2D eigenvalue weighted by atomic mass is 9.89. The minimum atomic E-state index is 0.804. The van der Waals surface area contributed by atoms with Crippen LogP contribution < -0.4 is 5.32 Å². The van der Waals surface area contributed by atoms with Crippen LogP contribution in [0.3, 0.4) is 0 Å². The maximum atomic E-state index is 3.68. The van der Waals surface area contributed by atoms with Crippen molar-refractivity contribution in [2.24, 2.45) is 0 Å². The third kappa shape index (κ3) is 3.94. The molecule has 3 nitrogen and oxygen atoms in total. The maximum absolute atomic E-state index is 3.68.